The van der Waals surface area contributed by atoms with Crippen LogP contribution in [-0.4, -0.2) is 223 Å². The molecule has 0 saturated carbocycles. The van der Waals surface area contributed by atoms with Gasteiger partial charge in [-0.05, 0) is 106 Å². The molecule has 4 saturated heterocycles. The van der Waals surface area contributed by atoms with Crippen molar-refractivity contribution in [2.24, 2.45) is 0 Å². The molecule has 2 aromatic rings. The van der Waals surface area contributed by atoms with Gasteiger partial charge in [0.1, 0.15) is 36.6 Å². The zero-order valence-electron chi connectivity index (χ0n) is 53.9. The van der Waals surface area contributed by atoms with Crippen LogP contribution in [0.1, 0.15) is 92.6 Å². The molecule has 94 heavy (non-hydrogen) atoms. The number of aliphatic hydroxyl groups excluding tert-OH is 4. The fraction of sp³-hybridized carbons (Fsp3) is 0.594. The number of benzene rings is 2. The standard InChI is InChI=1S/C64H82IN3O23S3/c1-13-66-37-29-84-42(27-41(37)79-8)89-55-50(72)47(68-91-43-26-38(69)57(33(5)85-43)93-59(76)44-30(2)46(65)53(56(82-11)52(44)80-9)90-60-51(73)54(81-10)49(71)32(4)87-60)31(3)86-61(55)88-40-18-16-14-15-17-24-64(78)28-39(70)48(67-62(77)83-12)45(40)36(64)23-25-92-94-63(6,7)35-21-19-34(20-22-35)58(74)75/h14-15,19-23,31-33,37-38,40-43,47,49-51,54-55,57,60-61,66,68-69,71-73,78H,13,25-29H2,1-12H3,(H,67,77)(H,74,75)/b15-14+,36-23+/t31-,32+,33-,37+,38+,40+,41+,42+,43+,47-,49+,50+,51-,54-,55-,57-,60+,61+,64+/m1/s1. The summed E-state index contributed by atoms with van der Waals surface area (Å²) in [6.07, 6.45) is -14.6. The molecule has 0 unspecified atom stereocenters. The van der Waals surface area contributed by atoms with Crippen molar-refractivity contribution in [2.45, 2.75) is 188 Å². The van der Waals surface area contributed by atoms with E-state index < -0.39 is 143 Å². The van der Waals surface area contributed by atoms with Crippen LogP contribution in [0.25, 0.3) is 0 Å². The van der Waals surface area contributed by atoms with Gasteiger partial charge in [0.2, 0.25) is 17.2 Å². The first-order chi connectivity index (χ1) is 44.7. The van der Waals surface area contributed by atoms with Crippen LogP contribution in [0.15, 0.2) is 59.3 Å². The van der Waals surface area contributed by atoms with Crippen LogP contribution in [0.4, 0.5) is 4.79 Å². The van der Waals surface area contributed by atoms with E-state index in [1.807, 2.05) is 43.4 Å². The molecule has 9 N–H and O–H groups in total. The summed E-state index contributed by atoms with van der Waals surface area (Å²) in [6, 6.07) is 5.20. The number of thioether (sulfide) groups is 1. The summed E-state index contributed by atoms with van der Waals surface area (Å²) in [4.78, 5) is 59.8. The molecular weight excluding hydrogens is 1400 g/mol. The molecular formula is C64H82IN3O23S3. The maximum absolute atomic E-state index is 14.5. The van der Waals surface area contributed by atoms with Crippen LogP contribution in [-0.2, 0) is 57.0 Å². The molecule has 2 aromatic carbocycles. The van der Waals surface area contributed by atoms with E-state index in [0.717, 1.165) is 24.4 Å². The minimum Gasteiger partial charge on any atom is -0.492 e. The van der Waals surface area contributed by atoms with Crippen molar-refractivity contribution in [3.8, 4) is 40.9 Å². The van der Waals surface area contributed by atoms with Crippen molar-refractivity contribution in [1.29, 1.82) is 0 Å². The average molecular weight is 1480 g/mol. The highest BCUT2D eigenvalue weighted by molar-refractivity contribution is 14.1. The summed E-state index contributed by atoms with van der Waals surface area (Å²) in [7, 11) is 9.60. The predicted molar refractivity (Wildman–Crippen MR) is 353 cm³/mol. The Morgan fingerprint density at radius 1 is 0.851 bits per heavy atom. The van der Waals surface area contributed by atoms with E-state index in [0.29, 0.717) is 15.7 Å². The number of Topliss-reactive ketones (excluding diaryl/α,β-unsaturated/α-hetero) is 1. The number of halogens is 1. The second kappa shape index (κ2) is 33.3. The molecule has 516 valence electrons. The number of nitrogens with one attached hydrogen (secondary N) is 3. The Kier molecular flexibility index (Phi) is 26.6. The van der Waals surface area contributed by atoms with Crippen LogP contribution < -0.4 is 30.3 Å². The molecule has 0 spiro atoms. The molecule has 4 fully saturated rings. The van der Waals surface area contributed by atoms with Crippen LogP contribution >= 0.6 is 55.9 Å². The van der Waals surface area contributed by atoms with Crippen molar-refractivity contribution in [3.05, 3.63) is 85.2 Å². The lowest BCUT2D eigenvalue weighted by Gasteiger charge is -2.46. The van der Waals surface area contributed by atoms with Gasteiger partial charge in [-0.15, -0.1) is 0 Å². The Hall–Kier alpha value is -4.60. The number of rotatable bonds is 24. The highest BCUT2D eigenvalue weighted by atomic mass is 127. The molecule has 8 rings (SSSR count). The zero-order valence-corrected chi connectivity index (χ0v) is 58.5. The SMILES string of the molecule is CCN[C@H]1CO[C@@H](O[C@H]2[C@H](O[C@H]3C#C/C=C/C#C[C@]4(O)CC(=O)C(NC(=O)OC)=C3/C4=C\CSSC(C)(C)c3ccc(C(=O)O)cc3)O[C@H](C)[C@@H](NO[C@H]3C[C@H](O)[C@H](SC(=O)c4c(C)c(I)c(O[C@@H]5O[C@@H](C)[C@H](O)[C@@H](OC)[C@H]5O)c(OC)c4OC)[C@@H](C)O3)[C@@H]2O)C[C@@H]1OC. The number of hydrogen-bond acceptors (Lipinski definition) is 27. The van der Waals surface area contributed by atoms with Gasteiger partial charge in [-0.1, -0.05) is 82.2 Å². The Bertz CT molecular complexity index is 3270. The van der Waals surface area contributed by atoms with Crippen LogP contribution in [0.5, 0.6) is 17.2 Å². The highest BCUT2D eigenvalue weighted by Gasteiger charge is 2.52. The number of ether oxygens (including phenoxy) is 12. The number of fused-ring (bicyclic) bond motifs is 2. The molecule has 2 aliphatic carbocycles. The molecule has 2 bridgehead atoms. The summed E-state index contributed by atoms with van der Waals surface area (Å²) in [5.74, 6) is 10.1. The van der Waals surface area contributed by atoms with Crippen molar-refractivity contribution in [2.75, 3.05) is 54.5 Å². The third kappa shape index (κ3) is 17.1. The lowest BCUT2D eigenvalue weighted by Crippen LogP contribution is -2.65. The number of carbonyl (C=O) groups excluding carboxylic acids is 3. The van der Waals surface area contributed by atoms with Gasteiger partial charge in [0.15, 0.2) is 41.8 Å². The molecule has 30 heteroatoms. The number of methoxy groups -OCH3 is 5. The largest absolute Gasteiger partial charge is 0.492 e. The number of allylic oxidation sites excluding steroid dienone is 3. The van der Waals surface area contributed by atoms with Crippen molar-refractivity contribution in [3.63, 3.8) is 0 Å². The first kappa shape index (κ1) is 75.2. The van der Waals surface area contributed by atoms with Gasteiger partial charge >= 0.3 is 12.1 Å². The van der Waals surface area contributed by atoms with E-state index >= 15 is 0 Å². The average Bonchev–Trinajstić information content (AvgIpc) is 0.761. The molecule has 26 nitrogen and oxygen atoms in total. The number of hydrogen-bond donors (Lipinski definition) is 9. The van der Waals surface area contributed by atoms with E-state index in [2.05, 4.69) is 39.8 Å². The highest BCUT2D eigenvalue weighted by Crippen LogP contribution is 2.50. The van der Waals surface area contributed by atoms with E-state index in [1.165, 1.54) is 67.2 Å². The third-order valence-corrected chi connectivity index (χ3v) is 22.5. The molecule has 0 radical (unpaired) electrons. The summed E-state index contributed by atoms with van der Waals surface area (Å²) in [5, 5.41) is 72.7. The lowest BCUT2D eigenvalue weighted by atomic mass is 9.75. The Labute approximate surface area is 571 Å². The van der Waals surface area contributed by atoms with E-state index in [1.54, 1.807) is 53.0 Å². The Morgan fingerprint density at radius 3 is 2.20 bits per heavy atom. The Morgan fingerprint density at radius 2 is 1.55 bits per heavy atom. The number of aromatic carboxylic acids is 1. The lowest BCUT2D eigenvalue weighted by molar-refractivity contribution is -0.336. The second-order valence-electron chi connectivity index (χ2n) is 23.3. The van der Waals surface area contributed by atoms with Gasteiger partial charge in [-0.25, -0.2) is 9.59 Å². The quantitative estimate of drug-likeness (QED) is 0.0229. The van der Waals surface area contributed by atoms with Gasteiger partial charge in [0.05, 0.1) is 103 Å². The minimum absolute atomic E-state index is 0.0136. The van der Waals surface area contributed by atoms with Crippen molar-refractivity contribution >= 4 is 78.9 Å². The molecule has 4 aliphatic heterocycles. The van der Waals surface area contributed by atoms with Crippen LogP contribution in [0.2, 0.25) is 0 Å². The number of ketones is 1. The first-order valence-electron chi connectivity index (χ1n) is 30.3. The van der Waals surface area contributed by atoms with Crippen LogP contribution in [0.3, 0.4) is 0 Å². The Balaban J connectivity index is 1.03. The first-order valence-corrected chi connectivity index (χ1v) is 34.5. The van der Waals surface area contributed by atoms with Gasteiger partial charge in [-0.2, -0.15) is 5.48 Å². The second-order valence-corrected chi connectivity index (χ2v) is 28.5. The van der Waals surface area contributed by atoms with E-state index in [9.17, 15) is 49.8 Å². The fourth-order valence-electron chi connectivity index (χ4n) is 11.7. The summed E-state index contributed by atoms with van der Waals surface area (Å²) in [6.45, 7) is 13.2. The molecule has 19 atom stereocenters. The van der Waals surface area contributed by atoms with Gasteiger partial charge < -0.3 is 92.8 Å². The smallest absolute Gasteiger partial charge is 0.411 e. The molecule has 0 aromatic heterocycles. The molecule has 4 heterocycles. The monoisotopic (exact) mass is 1480 g/mol. The zero-order chi connectivity index (χ0) is 68.5. The number of carbonyl (C=O) groups is 4. The summed E-state index contributed by atoms with van der Waals surface area (Å²) < 4.78 is 72.3. The molecule has 1 amide bonds. The number of amides is 1. The number of hydroxylamine groups is 1. The van der Waals surface area contributed by atoms with E-state index in [-0.39, 0.29) is 76.5 Å². The van der Waals surface area contributed by atoms with Crippen molar-refractivity contribution < 1.29 is 111 Å². The summed E-state index contributed by atoms with van der Waals surface area (Å²) in [5.41, 5.74) is 1.95. The third-order valence-electron chi connectivity index (χ3n) is 16.7. The minimum atomic E-state index is -2.16. The predicted octanol–water partition coefficient (Wildman–Crippen LogP) is 4.55. The summed E-state index contributed by atoms with van der Waals surface area (Å²) >= 11 is 2.81. The number of carboxylic acids is 1. The number of aliphatic hydroxyl groups is 5. The number of alkyl carbamates (subject to hydrolysis) is 1. The maximum Gasteiger partial charge on any atom is 0.411 e. The van der Waals surface area contributed by atoms with Gasteiger partial charge in [0, 0.05) is 48.7 Å². The number of likely N-dealkylation sites (N-methyl/N-ethyl adjacent to an activating group) is 1. The topological polar surface area (TPSA) is 346 Å². The van der Waals surface area contributed by atoms with E-state index in [4.69, 9.17) is 61.7 Å². The van der Waals surface area contributed by atoms with Gasteiger partial charge in [0.25, 0.3) is 0 Å². The van der Waals surface area contributed by atoms with Gasteiger partial charge in [-0.3, -0.25) is 19.7 Å². The maximum atomic E-state index is 14.5. The fourth-order valence-corrected chi connectivity index (χ4v) is 15.9. The normalized spacial score (nSPS) is 33.5. The van der Waals surface area contributed by atoms with Crippen molar-refractivity contribution in [1.82, 2.24) is 16.1 Å². The molecule has 6 aliphatic rings. The van der Waals surface area contributed by atoms with Crippen LogP contribution in [0, 0.1) is 34.2 Å². The number of carboxylic acid groups (broad SMARTS) is 1.